The fourth-order valence-corrected chi connectivity index (χ4v) is 2.72. The molecule has 1 aromatic rings. The Hall–Kier alpha value is -1.39. The van der Waals surface area contributed by atoms with E-state index in [1.807, 2.05) is 31.2 Å². The molecule has 0 amide bonds. The molecule has 20 heavy (non-hydrogen) atoms. The van der Waals surface area contributed by atoms with Crippen LogP contribution in [0.5, 0.6) is 5.75 Å². The lowest BCUT2D eigenvalue weighted by Crippen LogP contribution is -2.38. The van der Waals surface area contributed by atoms with E-state index in [9.17, 15) is 9.90 Å². The van der Waals surface area contributed by atoms with E-state index in [2.05, 4.69) is 4.90 Å². The van der Waals surface area contributed by atoms with Gasteiger partial charge >= 0.3 is 5.97 Å². The van der Waals surface area contributed by atoms with Crippen LogP contribution in [-0.2, 0) is 11.3 Å². The van der Waals surface area contributed by atoms with Gasteiger partial charge in [0, 0.05) is 20.0 Å². The third kappa shape index (κ3) is 4.32. The number of nitrogens with zero attached hydrogens (tertiary/aromatic N) is 1. The highest BCUT2D eigenvalue weighted by Gasteiger charge is 2.23. The average Bonchev–Trinajstić information content (AvgIpc) is 2.41. The molecule has 4 heteroatoms. The molecule has 110 valence electrons. The van der Waals surface area contributed by atoms with Crippen molar-refractivity contribution in [1.29, 1.82) is 0 Å². The normalized spacial score (nSPS) is 21.4. The molecule has 4 nitrogen and oxygen atoms in total. The maximum absolute atomic E-state index is 10.9. The molecule has 1 aromatic carbocycles. The molecule has 0 bridgehead atoms. The largest absolute Gasteiger partial charge is 0.427 e. The van der Waals surface area contributed by atoms with Gasteiger partial charge in [0.1, 0.15) is 5.75 Å². The molecule has 1 N–H and O–H groups in total. The highest BCUT2D eigenvalue weighted by atomic mass is 16.5. The van der Waals surface area contributed by atoms with Crippen molar-refractivity contribution in [3.63, 3.8) is 0 Å². The fraction of sp³-hybridized carbons (Fsp3) is 0.562. The number of benzene rings is 1. The molecule has 1 saturated heterocycles. The molecule has 2 atom stereocenters. The van der Waals surface area contributed by atoms with Crippen molar-refractivity contribution in [3.8, 4) is 5.75 Å². The van der Waals surface area contributed by atoms with Gasteiger partial charge in [0.2, 0.25) is 0 Å². The van der Waals surface area contributed by atoms with Crippen LogP contribution in [0, 0.1) is 5.92 Å². The quantitative estimate of drug-likeness (QED) is 0.677. The lowest BCUT2D eigenvalue weighted by molar-refractivity contribution is -0.131. The van der Waals surface area contributed by atoms with Gasteiger partial charge in [-0.1, -0.05) is 12.1 Å². The van der Waals surface area contributed by atoms with Crippen molar-refractivity contribution in [3.05, 3.63) is 29.8 Å². The lowest BCUT2D eigenvalue weighted by Gasteiger charge is -2.34. The number of carbonyl (C=O) groups excluding carboxylic acids is 1. The highest BCUT2D eigenvalue weighted by molar-refractivity contribution is 5.69. The van der Waals surface area contributed by atoms with Crippen LogP contribution in [0.4, 0.5) is 0 Å². The number of hydrogen-bond acceptors (Lipinski definition) is 4. The number of esters is 1. The molecule has 0 aliphatic carbocycles. The number of aliphatic hydroxyl groups is 1. The van der Waals surface area contributed by atoms with Crippen molar-refractivity contribution in [1.82, 2.24) is 4.90 Å². The molecule has 0 aromatic heterocycles. The van der Waals surface area contributed by atoms with Gasteiger partial charge in [-0.2, -0.15) is 0 Å². The predicted octanol–water partition coefficient (Wildman–Crippen LogP) is 2.20. The Labute approximate surface area is 120 Å². The topological polar surface area (TPSA) is 49.8 Å². The Kier molecular flexibility index (Phi) is 5.15. The van der Waals surface area contributed by atoms with Crippen LogP contribution in [0.25, 0.3) is 0 Å². The van der Waals surface area contributed by atoms with Gasteiger partial charge in [-0.25, -0.2) is 0 Å². The van der Waals surface area contributed by atoms with Crippen molar-refractivity contribution in [2.45, 2.75) is 39.3 Å². The van der Waals surface area contributed by atoms with E-state index in [1.165, 1.54) is 12.5 Å². The van der Waals surface area contributed by atoms with Gasteiger partial charge in [0.15, 0.2) is 0 Å². The van der Waals surface area contributed by atoms with Crippen molar-refractivity contribution >= 4 is 5.97 Å². The van der Waals surface area contributed by atoms with Crippen LogP contribution in [-0.4, -0.2) is 35.2 Å². The zero-order chi connectivity index (χ0) is 14.5. The first-order valence-corrected chi connectivity index (χ1v) is 7.22. The molecule has 0 radical (unpaired) electrons. The first-order valence-electron chi connectivity index (χ1n) is 7.22. The van der Waals surface area contributed by atoms with Crippen LogP contribution >= 0.6 is 0 Å². The summed E-state index contributed by atoms with van der Waals surface area (Å²) < 4.78 is 5.02. The second kappa shape index (κ2) is 6.86. The smallest absolute Gasteiger partial charge is 0.308 e. The molecule has 0 spiro atoms. The Morgan fingerprint density at radius 2 is 2.15 bits per heavy atom. The van der Waals surface area contributed by atoms with E-state index in [0.29, 0.717) is 11.7 Å². The number of carbonyl (C=O) groups is 1. The Morgan fingerprint density at radius 3 is 2.75 bits per heavy atom. The van der Waals surface area contributed by atoms with Gasteiger partial charge in [-0.05, 0) is 49.9 Å². The van der Waals surface area contributed by atoms with Crippen LogP contribution in [0.1, 0.15) is 32.3 Å². The summed E-state index contributed by atoms with van der Waals surface area (Å²) in [5, 5.41) is 9.71. The van der Waals surface area contributed by atoms with Crippen molar-refractivity contribution in [2.75, 3.05) is 13.1 Å². The van der Waals surface area contributed by atoms with Crippen LogP contribution in [0.15, 0.2) is 24.3 Å². The first kappa shape index (κ1) is 15.0. The second-order valence-electron chi connectivity index (χ2n) is 5.62. The number of hydrogen-bond donors (Lipinski definition) is 1. The van der Waals surface area contributed by atoms with E-state index in [-0.39, 0.29) is 12.1 Å². The minimum Gasteiger partial charge on any atom is -0.427 e. The third-order valence-electron chi connectivity index (χ3n) is 3.82. The lowest BCUT2D eigenvalue weighted by atomic mass is 9.93. The molecule has 1 aliphatic rings. The molecule has 2 unspecified atom stereocenters. The molecule has 0 saturated carbocycles. The molecule has 1 aliphatic heterocycles. The Balaban J connectivity index is 1.91. The minimum absolute atomic E-state index is 0.232. The third-order valence-corrected chi connectivity index (χ3v) is 3.82. The number of likely N-dealkylation sites (tertiary alicyclic amines) is 1. The minimum atomic E-state index is -0.298. The number of aliphatic hydroxyl groups excluding tert-OH is 1. The van der Waals surface area contributed by atoms with Gasteiger partial charge in [0.05, 0.1) is 6.10 Å². The Bertz CT molecular complexity index is 442. The summed E-state index contributed by atoms with van der Waals surface area (Å²) in [6.07, 6.45) is 2.02. The summed E-state index contributed by atoms with van der Waals surface area (Å²) >= 11 is 0. The van der Waals surface area contributed by atoms with E-state index in [4.69, 9.17) is 4.74 Å². The monoisotopic (exact) mass is 277 g/mol. The van der Waals surface area contributed by atoms with Gasteiger partial charge in [-0.15, -0.1) is 0 Å². The summed E-state index contributed by atoms with van der Waals surface area (Å²) in [7, 11) is 0. The van der Waals surface area contributed by atoms with E-state index in [0.717, 1.165) is 32.5 Å². The number of rotatable bonds is 4. The van der Waals surface area contributed by atoms with Gasteiger partial charge < -0.3 is 9.84 Å². The zero-order valence-electron chi connectivity index (χ0n) is 12.2. The molecule has 1 heterocycles. The molecular formula is C16H23NO3. The van der Waals surface area contributed by atoms with Crippen LogP contribution < -0.4 is 4.74 Å². The standard InChI is InChI=1S/C16H23NO3/c1-12(18)15-4-3-9-17(11-15)10-14-5-7-16(8-6-14)20-13(2)19/h5-8,12,15,18H,3-4,9-11H2,1-2H3. The van der Waals surface area contributed by atoms with E-state index >= 15 is 0 Å². The summed E-state index contributed by atoms with van der Waals surface area (Å²) in [6.45, 7) is 6.18. The fourth-order valence-electron chi connectivity index (χ4n) is 2.72. The SMILES string of the molecule is CC(=O)Oc1ccc(CN2CCCC(C(C)O)C2)cc1. The van der Waals surface area contributed by atoms with Gasteiger partial charge in [0.25, 0.3) is 0 Å². The van der Waals surface area contributed by atoms with Crippen molar-refractivity contribution < 1.29 is 14.6 Å². The summed E-state index contributed by atoms with van der Waals surface area (Å²) in [5.41, 5.74) is 1.20. The number of piperidine rings is 1. The average molecular weight is 277 g/mol. The predicted molar refractivity (Wildman–Crippen MR) is 77.4 cm³/mol. The maximum Gasteiger partial charge on any atom is 0.308 e. The van der Waals surface area contributed by atoms with Gasteiger partial charge in [-0.3, -0.25) is 9.69 Å². The summed E-state index contributed by atoms with van der Waals surface area (Å²) in [5.74, 6) is 0.666. The zero-order valence-corrected chi connectivity index (χ0v) is 12.2. The first-order chi connectivity index (χ1) is 9.54. The van der Waals surface area contributed by atoms with Crippen molar-refractivity contribution in [2.24, 2.45) is 5.92 Å². The molecular weight excluding hydrogens is 254 g/mol. The summed E-state index contributed by atoms with van der Waals surface area (Å²) in [6, 6.07) is 7.63. The second-order valence-corrected chi connectivity index (χ2v) is 5.62. The number of ether oxygens (including phenoxy) is 1. The molecule has 1 fully saturated rings. The maximum atomic E-state index is 10.9. The van der Waals surface area contributed by atoms with E-state index in [1.54, 1.807) is 0 Å². The van der Waals surface area contributed by atoms with E-state index < -0.39 is 0 Å². The molecule has 2 rings (SSSR count). The van der Waals surface area contributed by atoms with Crippen LogP contribution in [0.2, 0.25) is 0 Å². The Morgan fingerprint density at radius 1 is 1.45 bits per heavy atom. The van der Waals surface area contributed by atoms with Crippen LogP contribution in [0.3, 0.4) is 0 Å². The highest BCUT2D eigenvalue weighted by Crippen LogP contribution is 2.22. The summed E-state index contributed by atoms with van der Waals surface area (Å²) in [4.78, 5) is 13.2.